The summed E-state index contributed by atoms with van der Waals surface area (Å²) >= 11 is 0. The molecule has 0 spiro atoms. The lowest BCUT2D eigenvalue weighted by atomic mass is 9.97. The summed E-state index contributed by atoms with van der Waals surface area (Å²) < 4.78 is 6.68. The van der Waals surface area contributed by atoms with Crippen LogP contribution >= 0.6 is 0 Å². The van der Waals surface area contributed by atoms with E-state index in [4.69, 9.17) is 4.42 Å². The summed E-state index contributed by atoms with van der Waals surface area (Å²) in [7, 11) is 0. The van der Waals surface area contributed by atoms with Crippen molar-refractivity contribution in [3.05, 3.63) is 249 Å². The van der Waals surface area contributed by atoms with Crippen LogP contribution in [0.3, 0.4) is 0 Å². The second-order valence-corrected chi connectivity index (χ2v) is 16.5. The van der Waals surface area contributed by atoms with Crippen LogP contribution in [0.5, 0.6) is 0 Å². The van der Waals surface area contributed by atoms with E-state index in [0.29, 0.717) is 0 Å². The first-order valence-corrected chi connectivity index (χ1v) is 21.9. The van der Waals surface area contributed by atoms with Crippen LogP contribution in [-0.2, 0) is 0 Å². The normalized spacial score (nSPS) is 11.4. The average Bonchev–Trinajstić information content (AvgIpc) is 3.76. The third-order valence-corrected chi connectivity index (χ3v) is 12.7. The van der Waals surface area contributed by atoms with Crippen molar-refractivity contribution in [2.45, 2.75) is 0 Å². The van der Waals surface area contributed by atoms with Gasteiger partial charge in [-0.3, -0.25) is 0 Å². The Morgan fingerprint density at radius 1 is 0.250 bits per heavy atom. The van der Waals surface area contributed by atoms with Crippen LogP contribution in [0.1, 0.15) is 0 Å². The van der Waals surface area contributed by atoms with Gasteiger partial charge < -0.3 is 9.32 Å². The van der Waals surface area contributed by atoms with Crippen LogP contribution in [0.2, 0.25) is 0 Å². The van der Waals surface area contributed by atoms with Crippen molar-refractivity contribution in [1.82, 2.24) is 0 Å². The molecule has 11 aromatic carbocycles. The molecule has 0 bridgehead atoms. The van der Waals surface area contributed by atoms with Gasteiger partial charge in [-0.25, -0.2) is 0 Å². The van der Waals surface area contributed by atoms with Crippen molar-refractivity contribution in [1.29, 1.82) is 0 Å². The Balaban J connectivity index is 0.905. The summed E-state index contributed by atoms with van der Waals surface area (Å²) in [5.74, 6) is 0. The molecule has 0 unspecified atom stereocenters. The molecule has 12 rings (SSSR count). The quantitative estimate of drug-likeness (QED) is 0.142. The van der Waals surface area contributed by atoms with Gasteiger partial charge in [0.05, 0.1) is 0 Å². The minimum absolute atomic E-state index is 0.882. The molecule has 0 saturated heterocycles. The van der Waals surface area contributed by atoms with E-state index in [1.807, 2.05) is 0 Å². The van der Waals surface area contributed by atoms with Gasteiger partial charge in [0.25, 0.3) is 0 Å². The van der Waals surface area contributed by atoms with Gasteiger partial charge in [-0.1, -0.05) is 194 Å². The van der Waals surface area contributed by atoms with Crippen LogP contribution in [0, 0.1) is 0 Å². The maximum absolute atomic E-state index is 6.68. The van der Waals surface area contributed by atoms with E-state index < -0.39 is 0 Å². The second kappa shape index (κ2) is 15.8. The number of rotatable bonds is 8. The predicted molar refractivity (Wildman–Crippen MR) is 271 cm³/mol. The molecule has 0 saturated carbocycles. The fourth-order valence-electron chi connectivity index (χ4n) is 9.38. The molecule has 0 atom stereocenters. The molecule has 0 radical (unpaired) electrons. The SMILES string of the molecule is c1ccc(-c2ccc(-c3ccc(N(c4ccc(-c5cccc6c5oc5ccc(-c7cccc(-c8ccccc8)c7)cc56)cc4)c4ccc5c(ccc6ccccc65)c4)cc3)cc2)cc1. The Morgan fingerprint density at radius 2 is 0.719 bits per heavy atom. The number of para-hydroxylation sites is 1. The smallest absolute Gasteiger partial charge is 0.143 e. The molecule has 0 aliphatic rings. The molecule has 0 aliphatic heterocycles. The highest BCUT2D eigenvalue weighted by Gasteiger charge is 2.17. The zero-order valence-electron chi connectivity index (χ0n) is 35.0. The van der Waals surface area contributed by atoms with Crippen molar-refractivity contribution in [2.24, 2.45) is 0 Å². The molecule has 0 N–H and O–H groups in total. The van der Waals surface area contributed by atoms with E-state index >= 15 is 0 Å². The van der Waals surface area contributed by atoms with Gasteiger partial charge in [0.2, 0.25) is 0 Å². The van der Waals surface area contributed by atoms with Crippen molar-refractivity contribution < 1.29 is 4.42 Å². The fourth-order valence-corrected chi connectivity index (χ4v) is 9.38. The lowest BCUT2D eigenvalue weighted by molar-refractivity contribution is 0.670. The van der Waals surface area contributed by atoms with Crippen LogP contribution in [0.15, 0.2) is 253 Å². The number of anilines is 3. The van der Waals surface area contributed by atoms with Gasteiger partial charge >= 0.3 is 0 Å². The van der Waals surface area contributed by atoms with E-state index in [1.165, 1.54) is 66.1 Å². The number of hydrogen-bond acceptors (Lipinski definition) is 2. The van der Waals surface area contributed by atoms with Gasteiger partial charge in [-0.05, 0) is 126 Å². The van der Waals surface area contributed by atoms with Crippen LogP contribution in [0.4, 0.5) is 17.1 Å². The molecule has 12 aromatic rings. The number of nitrogens with zero attached hydrogens (tertiary/aromatic N) is 1. The minimum Gasteiger partial charge on any atom is -0.455 e. The number of fused-ring (bicyclic) bond motifs is 6. The molecular formula is C62H41NO. The second-order valence-electron chi connectivity index (χ2n) is 16.5. The van der Waals surface area contributed by atoms with E-state index in [1.54, 1.807) is 0 Å². The lowest BCUT2D eigenvalue weighted by Gasteiger charge is -2.26. The van der Waals surface area contributed by atoms with Crippen molar-refractivity contribution in [3.8, 4) is 55.6 Å². The Bertz CT molecular complexity index is 3630. The third-order valence-electron chi connectivity index (χ3n) is 12.7. The standard InChI is InChI=1S/C62H41NO/c1-3-11-42(12-4-1)44-21-23-45(24-22-44)46-27-32-53(33-28-46)63(55-36-37-57-52(40-55)26-25-47-15-7-8-18-56(47)57)54-34-29-48(30-35-54)58-19-10-20-59-60-41-51(31-38-61(60)64-62(58)59)50-17-9-16-49(39-50)43-13-5-2-6-14-43/h1-41H. The van der Waals surface area contributed by atoms with E-state index in [2.05, 4.69) is 254 Å². The van der Waals surface area contributed by atoms with Crippen LogP contribution in [-0.4, -0.2) is 0 Å². The van der Waals surface area contributed by atoms with Gasteiger partial charge in [0.1, 0.15) is 11.2 Å². The molecule has 0 aliphatic carbocycles. The first-order chi connectivity index (χ1) is 31.7. The highest BCUT2D eigenvalue weighted by atomic mass is 16.3. The van der Waals surface area contributed by atoms with Crippen LogP contribution < -0.4 is 4.90 Å². The molecule has 0 fully saturated rings. The number of furan rings is 1. The number of hydrogen-bond donors (Lipinski definition) is 0. The Kier molecular flexibility index (Phi) is 9.20. The van der Waals surface area contributed by atoms with Crippen molar-refractivity contribution in [2.75, 3.05) is 4.90 Å². The highest BCUT2D eigenvalue weighted by molar-refractivity contribution is 6.11. The molecule has 300 valence electrons. The summed E-state index contributed by atoms with van der Waals surface area (Å²) in [5.41, 5.74) is 16.8. The maximum atomic E-state index is 6.68. The minimum atomic E-state index is 0.882. The first kappa shape index (κ1) is 37.3. The summed E-state index contributed by atoms with van der Waals surface area (Å²) in [6.07, 6.45) is 0. The molecule has 2 heteroatoms. The van der Waals surface area contributed by atoms with E-state index in [-0.39, 0.29) is 0 Å². The molecular weight excluding hydrogens is 775 g/mol. The highest BCUT2D eigenvalue weighted by Crippen LogP contribution is 2.42. The zero-order chi connectivity index (χ0) is 42.4. The van der Waals surface area contributed by atoms with Crippen molar-refractivity contribution >= 4 is 60.5 Å². The molecule has 64 heavy (non-hydrogen) atoms. The molecule has 1 aromatic heterocycles. The average molecular weight is 816 g/mol. The van der Waals surface area contributed by atoms with Crippen LogP contribution in [0.25, 0.3) is 99.1 Å². The Morgan fingerprint density at radius 3 is 1.42 bits per heavy atom. The first-order valence-electron chi connectivity index (χ1n) is 21.9. The predicted octanol–water partition coefficient (Wildman–Crippen LogP) is 17.7. The molecule has 2 nitrogen and oxygen atoms in total. The summed E-state index contributed by atoms with van der Waals surface area (Å²) in [4.78, 5) is 2.36. The zero-order valence-corrected chi connectivity index (χ0v) is 35.0. The third kappa shape index (κ3) is 6.79. The topological polar surface area (TPSA) is 16.4 Å². The summed E-state index contributed by atoms with van der Waals surface area (Å²) in [5, 5.41) is 7.18. The summed E-state index contributed by atoms with van der Waals surface area (Å²) in [6.45, 7) is 0. The maximum Gasteiger partial charge on any atom is 0.143 e. The molecule has 1 heterocycles. The molecule has 0 amide bonds. The van der Waals surface area contributed by atoms with Gasteiger partial charge in [0, 0.05) is 33.4 Å². The van der Waals surface area contributed by atoms with E-state index in [9.17, 15) is 0 Å². The van der Waals surface area contributed by atoms with E-state index in [0.717, 1.165) is 50.1 Å². The van der Waals surface area contributed by atoms with Crippen molar-refractivity contribution in [3.63, 3.8) is 0 Å². The Hall–Kier alpha value is -8.46. The number of benzene rings is 11. The largest absolute Gasteiger partial charge is 0.455 e. The lowest BCUT2D eigenvalue weighted by Crippen LogP contribution is -2.09. The van der Waals surface area contributed by atoms with Gasteiger partial charge in [-0.15, -0.1) is 0 Å². The summed E-state index contributed by atoms with van der Waals surface area (Å²) in [6, 6.07) is 89.5. The van der Waals surface area contributed by atoms with Gasteiger partial charge in [-0.2, -0.15) is 0 Å². The monoisotopic (exact) mass is 815 g/mol. The fraction of sp³-hybridized carbons (Fsp3) is 0. The van der Waals surface area contributed by atoms with Gasteiger partial charge in [0.15, 0.2) is 0 Å². The Labute approximate surface area is 372 Å².